The molecule has 182 valence electrons. The summed E-state index contributed by atoms with van der Waals surface area (Å²) in [4.78, 5) is 15.8. The summed E-state index contributed by atoms with van der Waals surface area (Å²) in [6, 6.07) is 2.61. The highest BCUT2D eigenvalue weighted by Crippen LogP contribution is 2.41. The van der Waals surface area contributed by atoms with Crippen molar-refractivity contribution in [3.63, 3.8) is 0 Å². The molecule has 1 unspecified atom stereocenters. The van der Waals surface area contributed by atoms with Crippen molar-refractivity contribution >= 4 is 26.8 Å². The lowest BCUT2D eigenvalue weighted by atomic mass is 9.92. The first-order chi connectivity index (χ1) is 16.9. The Morgan fingerprint density at radius 2 is 1.89 bits per heavy atom. The zero-order chi connectivity index (χ0) is 24.3. The lowest BCUT2D eigenvalue weighted by Gasteiger charge is -2.28. The van der Waals surface area contributed by atoms with Crippen molar-refractivity contribution in [2.45, 2.75) is 43.7 Å². The van der Waals surface area contributed by atoms with Gasteiger partial charge in [0.15, 0.2) is 28.2 Å². The van der Waals surface area contributed by atoms with Crippen LogP contribution in [0.25, 0.3) is 21.6 Å². The third kappa shape index (κ3) is 4.06. The van der Waals surface area contributed by atoms with E-state index in [4.69, 9.17) is 14.7 Å². The highest BCUT2D eigenvalue weighted by molar-refractivity contribution is 7.22. The molecular formula is C24H23F3N6OS. The molecule has 1 aromatic carbocycles. The van der Waals surface area contributed by atoms with Gasteiger partial charge in [0.1, 0.15) is 10.5 Å². The summed E-state index contributed by atoms with van der Waals surface area (Å²) in [5.74, 6) is -3.61. The van der Waals surface area contributed by atoms with Crippen LogP contribution in [0.2, 0.25) is 0 Å². The molecule has 1 aliphatic carbocycles. The van der Waals surface area contributed by atoms with Crippen LogP contribution < -0.4 is 4.90 Å². The predicted molar refractivity (Wildman–Crippen MR) is 126 cm³/mol. The first-order valence-corrected chi connectivity index (χ1v) is 12.4. The standard InChI is InChI=1S/C24H23F3N6OS/c1-32(2)24-31-23-21(35-24)20(15-5-6-16(25)19(27)18(15)26)29-22(30-23)12-7-8-34-17(9-12)13-10-28-33(11-13)14-3-4-14/h5-6,10-12,14,17H,3-4,7-9H2,1-2H3/t12?,17-/m1/s1. The maximum atomic E-state index is 14.8. The number of nitrogens with zero attached hydrogens (tertiary/aromatic N) is 6. The smallest absolute Gasteiger partial charge is 0.195 e. The summed E-state index contributed by atoms with van der Waals surface area (Å²) in [6.07, 6.45) is 7.35. The van der Waals surface area contributed by atoms with Crippen LogP contribution in [0.1, 0.15) is 55.1 Å². The van der Waals surface area contributed by atoms with E-state index in [0.717, 1.165) is 24.5 Å². The van der Waals surface area contributed by atoms with Gasteiger partial charge in [0.2, 0.25) is 0 Å². The summed E-state index contributed by atoms with van der Waals surface area (Å²) in [5, 5.41) is 5.13. The van der Waals surface area contributed by atoms with E-state index < -0.39 is 17.5 Å². The van der Waals surface area contributed by atoms with Gasteiger partial charge in [-0.25, -0.2) is 23.1 Å². The number of rotatable bonds is 5. The lowest BCUT2D eigenvalue weighted by molar-refractivity contribution is 0.00396. The van der Waals surface area contributed by atoms with Gasteiger partial charge in [-0.15, -0.1) is 0 Å². The number of hydrogen-bond acceptors (Lipinski definition) is 7. The van der Waals surface area contributed by atoms with Crippen molar-refractivity contribution in [2.24, 2.45) is 0 Å². The number of anilines is 1. The van der Waals surface area contributed by atoms with Crippen LogP contribution in [0.15, 0.2) is 24.5 Å². The van der Waals surface area contributed by atoms with E-state index in [2.05, 4.69) is 10.1 Å². The van der Waals surface area contributed by atoms with Crippen LogP contribution in [-0.4, -0.2) is 45.4 Å². The van der Waals surface area contributed by atoms with Gasteiger partial charge < -0.3 is 9.64 Å². The molecular weight excluding hydrogens is 477 g/mol. The molecule has 1 saturated heterocycles. The molecule has 2 aliphatic rings. The van der Waals surface area contributed by atoms with Crippen LogP contribution in [0.3, 0.4) is 0 Å². The van der Waals surface area contributed by atoms with E-state index >= 15 is 0 Å². The molecule has 0 amide bonds. The Kier molecular flexibility index (Phi) is 5.48. The largest absolute Gasteiger partial charge is 0.373 e. The van der Waals surface area contributed by atoms with Crippen LogP contribution >= 0.6 is 11.3 Å². The quantitative estimate of drug-likeness (QED) is 0.342. The summed E-state index contributed by atoms with van der Waals surface area (Å²) in [5.41, 5.74) is 1.53. The highest BCUT2D eigenvalue weighted by atomic mass is 32.1. The van der Waals surface area contributed by atoms with E-state index in [9.17, 15) is 13.2 Å². The number of halogens is 3. The molecule has 0 spiro atoms. The molecule has 0 radical (unpaired) electrons. The zero-order valence-corrected chi connectivity index (χ0v) is 20.0. The Labute approximate surface area is 203 Å². The lowest BCUT2D eigenvalue weighted by Crippen LogP contribution is -2.20. The molecule has 7 nitrogen and oxygen atoms in total. The van der Waals surface area contributed by atoms with Crippen LogP contribution in [-0.2, 0) is 4.74 Å². The minimum Gasteiger partial charge on any atom is -0.373 e. The van der Waals surface area contributed by atoms with Gasteiger partial charge in [-0.1, -0.05) is 11.3 Å². The van der Waals surface area contributed by atoms with Crippen molar-refractivity contribution in [2.75, 3.05) is 25.6 Å². The van der Waals surface area contributed by atoms with Crippen LogP contribution in [0.4, 0.5) is 18.3 Å². The second-order valence-corrected chi connectivity index (χ2v) is 10.2. The van der Waals surface area contributed by atoms with Gasteiger partial charge in [-0.3, -0.25) is 4.68 Å². The predicted octanol–water partition coefficient (Wildman–Crippen LogP) is 5.40. The Morgan fingerprint density at radius 3 is 2.66 bits per heavy atom. The first kappa shape index (κ1) is 22.4. The molecule has 0 N–H and O–H groups in total. The molecule has 35 heavy (non-hydrogen) atoms. The maximum absolute atomic E-state index is 14.8. The summed E-state index contributed by atoms with van der Waals surface area (Å²) >= 11 is 1.28. The molecule has 1 saturated carbocycles. The fraction of sp³-hybridized carbons (Fsp3) is 0.417. The molecule has 0 bridgehead atoms. The average Bonchev–Trinajstić information content (AvgIpc) is 3.41. The van der Waals surface area contributed by atoms with Gasteiger partial charge in [-0.2, -0.15) is 10.1 Å². The fourth-order valence-electron chi connectivity index (χ4n) is 4.42. The van der Waals surface area contributed by atoms with Gasteiger partial charge in [0.05, 0.1) is 24.0 Å². The van der Waals surface area contributed by atoms with Crippen molar-refractivity contribution in [3.8, 4) is 11.3 Å². The fourth-order valence-corrected chi connectivity index (χ4v) is 5.35. The zero-order valence-electron chi connectivity index (χ0n) is 19.2. The average molecular weight is 501 g/mol. The SMILES string of the molecule is CN(C)c1nc2nc(C3CCO[C@@H](c4cnn(C5CC5)c4)C3)nc(-c3ccc(F)c(F)c3F)c2s1. The number of hydrogen-bond donors (Lipinski definition) is 0. The van der Waals surface area contributed by atoms with E-state index in [0.29, 0.717) is 46.8 Å². The topological polar surface area (TPSA) is 69.0 Å². The van der Waals surface area contributed by atoms with E-state index in [1.54, 1.807) is 0 Å². The normalized spacial score (nSPS) is 20.5. The second-order valence-electron chi connectivity index (χ2n) is 9.26. The molecule has 1 aliphatic heterocycles. The molecule has 11 heteroatoms. The number of thiazole rings is 1. The van der Waals surface area contributed by atoms with E-state index in [1.165, 1.54) is 17.4 Å². The van der Waals surface area contributed by atoms with Crippen LogP contribution in [0, 0.1) is 17.5 Å². The van der Waals surface area contributed by atoms with Gasteiger partial charge in [0, 0.05) is 43.9 Å². The molecule has 4 aromatic rings. The summed E-state index contributed by atoms with van der Waals surface area (Å²) in [7, 11) is 3.68. The minimum atomic E-state index is -1.52. The summed E-state index contributed by atoms with van der Waals surface area (Å²) < 4.78 is 51.2. The monoisotopic (exact) mass is 500 g/mol. The second kappa shape index (κ2) is 8.56. The van der Waals surface area contributed by atoms with Gasteiger partial charge in [0.25, 0.3) is 0 Å². The van der Waals surface area contributed by atoms with Crippen molar-refractivity contribution in [3.05, 3.63) is 53.4 Å². The van der Waals surface area contributed by atoms with Crippen molar-refractivity contribution in [1.29, 1.82) is 0 Å². The maximum Gasteiger partial charge on any atom is 0.195 e. The van der Waals surface area contributed by atoms with E-state index in [-0.39, 0.29) is 23.3 Å². The van der Waals surface area contributed by atoms with Gasteiger partial charge >= 0.3 is 0 Å². The Morgan fingerprint density at radius 1 is 1.06 bits per heavy atom. The first-order valence-electron chi connectivity index (χ1n) is 11.5. The Balaban J connectivity index is 1.41. The van der Waals surface area contributed by atoms with Crippen molar-refractivity contribution in [1.82, 2.24) is 24.7 Å². The van der Waals surface area contributed by atoms with Gasteiger partial charge in [-0.05, 0) is 37.8 Å². The molecule has 6 rings (SSSR count). The molecule has 2 fully saturated rings. The third-order valence-corrected chi connectivity index (χ3v) is 7.72. The number of benzene rings is 1. The Hall–Kier alpha value is -3.05. The number of fused-ring (bicyclic) bond motifs is 1. The third-order valence-electron chi connectivity index (χ3n) is 6.50. The number of aromatic nitrogens is 5. The van der Waals surface area contributed by atoms with E-state index in [1.807, 2.05) is 36.1 Å². The molecule has 3 aromatic heterocycles. The molecule has 2 atom stereocenters. The number of ether oxygens (including phenoxy) is 1. The minimum absolute atomic E-state index is 0.0703. The Bertz CT molecular complexity index is 1420. The highest BCUT2D eigenvalue weighted by Gasteiger charge is 2.31. The van der Waals surface area contributed by atoms with Crippen molar-refractivity contribution < 1.29 is 17.9 Å². The molecule has 4 heterocycles. The summed E-state index contributed by atoms with van der Waals surface area (Å²) in [6.45, 7) is 0.514. The van der Waals surface area contributed by atoms with Crippen LogP contribution in [0.5, 0.6) is 0 Å².